The normalized spacial score (nSPS) is 39.3. The van der Waals surface area contributed by atoms with Gasteiger partial charge >= 0.3 is 5.97 Å². The lowest BCUT2D eigenvalue weighted by molar-refractivity contribution is -0.164. The third-order valence-electron chi connectivity index (χ3n) is 9.12. The molecule has 5 rings (SSSR count). The van der Waals surface area contributed by atoms with Crippen molar-refractivity contribution in [3.05, 3.63) is 35.2 Å². The molecule has 2 saturated carbocycles. The Kier molecular flexibility index (Phi) is 4.92. The number of esters is 1. The lowest BCUT2D eigenvalue weighted by Gasteiger charge is -2.53. The summed E-state index contributed by atoms with van der Waals surface area (Å²) in [7, 11) is 1.92. The first-order valence-corrected chi connectivity index (χ1v) is 11.9. The lowest BCUT2D eigenvalue weighted by atomic mass is 9.52. The van der Waals surface area contributed by atoms with Gasteiger partial charge in [0.25, 0.3) is 0 Å². The molecule has 1 heterocycles. The second kappa shape index (κ2) is 7.40. The summed E-state index contributed by atoms with van der Waals surface area (Å²) >= 11 is 0. The number of hydrogen-bond acceptors (Lipinski definition) is 4. The fourth-order valence-corrected chi connectivity index (χ4v) is 7.53. The highest BCUT2D eigenvalue weighted by molar-refractivity contribution is 5.89. The van der Waals surface area contributed by atoms with Crippen LogP contribution in [0.2, 0.25) is 0 Å². The average molecular weight is 420 g/mol. The Hall–Kier alpha value is -2.28. The molecule has 0 N–H and O–H groups in total. The molecule has 0 spiro atoms. The van der Waals surface area contributed by atoms with Gasteiger partial charge in [0.2, 0.25) is 0 Å². The third-order valence-corrected chi connectivity index (χ3v) is 9.12. The number of carbonyl (C=O) groups excluding carboxylic acids is 2. The molecule has 4 unspecified atom stereocenters. The molecule has 0 aromatic rings. The molecule has 4 heteroatoms. The quantitative estimate of drug-likeness (QED) is 0.362. The summed E-state index contributed by atoms with van der Waals surface area (Å²) in [5.41, 5.74) is 2.69. The van der Waals surface area contributed by atoms with Gasteiger partial charge in [-0.05, 0) is 68.9 Å². The van der Waals surface area contributed by atoms with E-state index in [0.29, 0.717) is 48.4 Å². The Labute approximate surface area is 185 Å². The summed E-state index contributed by atoms with van der Waals surface area (Å²) in [6.07, 6.45) is 20.9. The van der Waals surface area contributed by atoms with E-state index in [1.54, 1.807) is 5.57 Å². The molecule has 5 atom stereocenters. The second-order valence-corrected chi connectivity index (χ2v) is 10.5. The van der Waals surface area contributed by atoms with Crippen LogP contribution in [-0.4, -0.2) is 29.3 Å². The zero-order valence-electron chi connectivity index (χ0n) is 18.8. The maximum Gasteiger partial charge on any atom is 0.337 e. The van der Waals surface area contributed by atoms with Crippen LogP contribution in [0, 0.1) is 35.5 Å². The smallest absolute Gasteiger partial charge is 0.337 e. The summed E-state index contributed by atoms with van der Waals surface area (Å²) in [6, 6.07) is 0. The van der Waals surface area contributed by atoms with Crippen LogP contribution in [0.25, 0.3) is 0 Å². The number of rotatable bonds is 2. The molecule has 2 fully saturated rings. The van der Waals surface area contributed by atoms with E-state index in [9.17, 15) is 9.59 Å². The number of allylic oxidation sites excluding steroid dienone is 3. The fraction of sp³-hybridized carbons (Fsp3) is 0.630. The average Bonchev–Trinajstić information content (AvgIpc) is 3.06. The van der Waals surface area contributed by atoms with Crippen molar-refractivity contribution in [1.29, 1.82) is 0 Å². The van der Waals surface area contributed by atoms with Crippen LogP contribution in [0.4, 0.5) is 0 Å². The first kappa shape index (κ1) is 20.6. The van der Waals surface area contributed by atoms with Gasteiger partial charge in [-0.2, -0.15) is 0 Å². The maximum absolute atomic E-state index is 13.1. The largest absolute Gasteiger partial charge is 0.442 e. The van der Waals surface area contributed by atoms with Crippen molar-refractivity contribution in [1.82, 2.24) is 4.90 Å². The van der Waals surface area contributed by atoms with Crippen LogP contribution >= 0.6 is 0 Å². The number of Topliss-reactive ketones (excluding diaryl/α,β-unsaturated/α-hetero) is 1. The molecule has 0 amide bonds. The Morgan fingerprint density at radius 1 is 1.23 bits per heavy atom. The summed E-state index contributed by atoms with van der Waals surface area (Å²) < 4.78 is 6.25. The van der Waals surface area contributed by atoms with E-state index in [1.165, 1.54) is 5.57 Å². The predicted octanol–water partition coefficient (Wildman–Crippen LogP) is 4.92. The number of carbonyl (C=O) groups is 2. The van der Waals surface area contributed by atoms with Crippen molar-refractivity contribution in [2.75, 3.05) is 7.05 Å². The van der Waals surface area contributed by atoms with Crippen LogP contribution in [0.3, 0.4) is 0 Å². The molecule has 31 heavy (non-hydrogen) atoms. The monoisotopic (exact) mass is 419 g/mol. The molecule has 4 nitrogen and oxygen atoms in total. The van der Waals surface area contributed by atoms with Gasteiger partial charge in [-0.1, -0.05) is 30.1 Å². The van der Waals surface area contributed by atoms with Gasteiger partial charge in [-0.15, -0.1) is 6.42 Å². The van der Waals surface area contributed by atoms with E-state index in [2.05, 4.69) is 12.8 Å². The van der Waals surface area contributed by atoms with Gasteiger partial charge in [0.15, 0.2) is 5.60 Å². The molecule has 1 aliphatic heterocycles. The van der Waals surface area contributed by atoms with Gasteiger partial charge in [0.05, 0.1) is 5.57 Å². The molecule has 164 valence electrons. The minimum atomic E-state index is -0.822. The third kappa shape index (κ3) is 3.12. The highest BCUT2D eigenvalue weighted by Gasteiger charge is 2.64. The van der Waals surface area contributed by atoms with Crippen molar-refractivity contribution >= 4 is 11.8 Å². The Balaban J connectivity index is 1.40. The number of nitrogens with zero attached hydrogens (tertiary/aromatic N) is 1. The van der Waals surface area contributed by atoms with Crippen molar-refractivity contribution in [2.45, 2.75) is 76.7 Å². The van der Waals surface area contributed by atoms with E-state index < -0.39 is 5.60 Å². The molecule has 0 aromatic heterocycles. The number of ether oxygens (including phenoxy) is 1. The Morgan fingerprint density at radius 2 is 2.06 bits per heavy atom. The van der Waals surface area contributed by atoms with Crippen LogP contribution < -0.4 is 0 Å². The van der Waals surface area contributed by atoms with E-state index >= 15 is 0 Å². The maximum atomic E-state index is 13.1. The molecule has 0 bridgehead atoms. The van der Waals surface area contributed by atoms with Gasteiger partial charge in [0.1, 0.15) is 5.78 Å². The zero-order valence-corrected chi connectivity index (χ0v) is 18.8. The molecule has 0 radical (unpaired) electrons. The van der Waals surface area contributed by atoms with E-state index in [4.69, 9.17) is 11.2 Å². The number of hydrogen-bond donors (Lipinski definition) is 0. The van der Waals surface area contributed by atoms with E-state index in [1.807, 2.05) is 30.4 Å². The molecule has 0 aromatic carbocycles. The Bertz CT molecular complexity index is 950. The van der Waals surface area contributed by atoms with Crippen LogP contribution in [0.1, 0.15) is 71.1 Å². The summed E-state index contributed by atoms with van der Waals surface area (Å²) in [5, 5.41) is 0. The highest BCUT2D eigenvalue weighted by atomic mass is 16.6. The van der Waals surface area contributed by atoms with E-state index in [-0.39, 0.29) is 11.4 Å². The minimum Gasteiger partial charge on any atom is -0.442 e. The highest BCUT2D eigenvalue weighted by Crippen LogP contribution is 2.65. The van der Waals surface area contributed by atoms with Crippen molar-refractivity contribution in [3.8, 4) is 12.3 Å². The van der Waals surface area contributed by atoms with Crippen LogP contribution in [0.5, 0.6) is 0 Å². The standard InChI is InChI=1S/C27H33NO3/c1-4-27(31-25(30)19-6-5-15-28(3)17-19)14-12-24-23-9-7-18-16-20(29)8-10-21(18)22(23)11-13-26(24,27)2/h1,5,15,17,22-24H,6-14,16H2,2-3H3/t22?,23?,24?,26?,27-/m0/s1. The van der Waals surface area contributed by atoms with Crippen molar-refractivity contribution in [3.63, 3.8) is 0 Å². The molecule has 0 saturated heterocycles. The zero-order chi connectivity index (χ0) is 21.8. The molecular weight excluding hydrogens is 386 g/mol. The van der Waals surface area contributed by atoms with E-state index in [0.717, 1.165) is 44.9 Å². The first-order valence-electron chi connectivity index (χ1n) is 11.9. The number of terminal acetylenes is 1. The fourth-order valence-electron chi connectivity index (χ4n) is 7.53. The molecule has 5 aliphatic rings. The lowest BCUT2D eigenvalue weighted by Crippen LogP contribution is -2.53. The molecule has 4 aliphatic carbocycles. The second-order valence-electron chi connectivity index (χ2n) is 10.5. The van der Waals surface area contributed by atoms with Gasteiger partial charge in [-0.3, -0.25) is 4.79 Å². The number of ketones is 1. The predicted molar refractivity (Wildman–Crippen MR) is 119 cm³/mol. The van der Waals surface area contributed by atoms with Gasteiger partial charge in [-0.25, -0.2) is 4.79 Å². The van der Waals surface area contributed by atoms with Crippen LogP contribution in [0.15, 0.2) is 35.2 Å². The number of fused-ring (bicyclic) bond motifs is 4. The van der Waals surface area contributed by atoms with Crippen molar-refractivity contribution < 1.29 is 14.3 Å². The summed E-state index contributed by atoms with van der Waals surface area (Å²) in [5.74, 6) is 4.82. The molecular formula is C27H33NO3. The summed E-state index contributed by atoms with van der Waals surface area (Å²) in [6.45, 7) is 2.28. The van der Waals surface area contributed by atoms with Gasteiger partial charge in [0, 0.05) is 37.9 Å². The van der Waals surface area contributed by atoms with Gasteiger partial charge < -0.3 is 9.64 Å². The minimum absolute atomic E-state index is 0.182. The topological polar surface area (TPSA) is 46.6 Å². The SMILES string of the molecule is C#C[C@]1(OC(=O)C2=CN(C)C=CC2)CCC2C3CCC4=C(CCC(=O)C4)C3CCC21C. The first-order chi connectivity index (χ1) is 14.9. The van der Waals surface area contributed by atoms with Crippen molar-refractivity contribution in [2.24, 2.45) is 23.2 Å². The van der Waals surface area contributed by atoms with Crippen LogP contribution in [-0.2, 0) is 14.3 Å². The summed E-state index contributed by atoms with van der Waals surface area (Å²) in [4.78, 5) is 27.0. The Morgan fingerprint density at radius 3 is 2.84 bits per heavy atom.